The van der Waals surface area contributed by atoms with Crippen LogP contribution in [0.4, 0.5) is 15.8 Å². The molecule has 1 aromatic rings. The van der Waals surface area contributed by atoms with Gasteiger partial charge >= 0.3 is 0 Å². The van der Waals surface area contributed by atoms with Gasteiger partial charge in [-0.15, -0.1) is 24.8 Å². The van der Waals surface area contributed by atoms with Crippen molar-refractivity contribution >= 4 is 42.1 Å². The maximum absolute atomic E-state index is 13.3. The number of rotatable bonds is 7. The number of amides is 1. The summed E-state index contributed by atoms with van der Waals surface area (Å²) in [5, 5.41) is 5.83. The van der Waals surface area contributed by atoms with Gasteiger partial charge in [0.25, 0.3) is 0 Å². The summed E-state index contributed by atoms with van der Waals surface area (Å²) in [6, 6.07) is 4.40. The van der Waals surface area contributed by atoms with Crippen LogP contribution < -0.4 is 16.4 Å². The molecule has 0 fully saturated rings. The number of carbonyl (C=O) groups is 1. The first-order valence-corrected chi connectivity index (χ1v) is 6.55. The van der Waals surface area contributed by atoms with Gasteiger partial charge in [0.05, 0.1) is 23.9 Å². The summed E-state index contributed by atoms with van der Waals surface area (Å²) in [5.41, 5.74) is 6.56. The van der Waals surface area contributed by atoms with Gasteiger partial charge < -0.3 is 21.1 Å². The van der Waals surface area contributed by atoms with Crippen molar-refractivity contribution in [3.63, 3.8) is 0 Å². The number of halogens is 3. The summed E-state index contributed by atoms with van der Waals surface area (Å²) in [5.74, 6) is -0.670. The second-order valence-corrected chi connectivity index (χ2v) is 4.83. The molecule has 1 amide bonds. The molecule has 1 rings (SSSR count). The van der Waals surface area contributed by atoms with Crippen LogP contribution in [0.15, 0.2) is 18.2 Å². The number of benzene rings is 1. The van der Waals surface area contributed by atoms with Gasteiger partial charge in [0, 0.05) is 19.7 Å². The summed E-state index contributed by atoms with van der Waals surface area (Å²) < 4.78 is 18.4. The molecule has 8 heteroatoms. The highest BCUT2D eigenvalue weighted by molar-refractivity contribution is 5.94. The van der Waals surface area contributed by atoms with Crippen molar-refractivity contribution in [3.05, 3.63) is 24.0 Å². The average molecular weight is 356 g/mol. The molecule has 0 aliphatic carbocycles. The number of ether oxygens (including phenoxy) is 1. The van der Waals surface area contributed by atoms with Crippen molar-refractivity contribution in [2.75, 3.05) is 24.3 Å². The van der Waals surface area contributed by atoms with E-state index in [4.69, 9.17) is 10.5 Å². The van der Waals surface area contributed by atoms with Crippen LogP contribution in [0.5, 0.6) is 0 Å². The zero-order valence-corrected chi connectivity index (χ0v) is 14.5. The molecule has 5 nitrogen and oxygen atoms in total. The molecule has 0 saturated carbocycles. The number of hydrogen-bond donors (Lipinski definition) is 3. The molecule has 1 atom stereocenters. The molecule has 22 heavy (non-hydrogen) atoms. The summed E-state index contributed by atoms with van der Waals surface area (Å²) in [4.78, 5) is 11.9. The lowest BCUT2D eigenvalue weighted by atomic mass is 10.2. The molecule has 128 valence electrons. The normalized spacial score (nSPS) is 11.2. The van der Waals surface area contributed by atoms with Crippen LogP contribution in [0, 0.1) is 5.82 Å². The Kier molecular flexibility index (Phi) is 12.1. The molecule has 0 aliphatic heterocycles. The van der Waals surface area contributed by atoms with Gasteiger partial charge in [0.15, 0.2) is 0 Å². The molecule has 0 spiro atoms. The molecular weight excluding hydrogens is 332 g/mol. The number of methoxy groups -OCH3 is 1. The van der Waals surface area contributed by atoms with Gasteiger partial charge in [-0.05, 0) is 32.0 Å². The highest BCUT2D eigenvalue weighted by atomic mass is 35.5. The maximum Gasteiger partial charge on any atom is 0.227 e. The molecule has 0 radical (unpaired) electrons. The Morgan fingerprint density at radius 1 is 1.32 bits per heavy atom. The Balaban J connectivity index is 0. The van der Waals surface area contributed by atoms with E-state index in [0.29, 0.717) is 11.4 Å². The van der Waals surface area contributed by atoms with Crippen molar-refractivity contribution in [1.82, 2.24) is 0 Å². The van der Waals surface area contributed by atoms with Gasteiger partial charge in [-0.25, -0.2) is 4.39 Å². The van der Waals surface area contributed by atoms with Crippen molar-refractivity contribution in [2.45, 2.75) is 32.4 Å². The lowest BCUT2D eigenvalue weighted by molar-refractivity contribution is -0.118. The zero-order chi connectivity index (χ0) is 15.1. The zero-order valence-electron chi connectivity index (χ0n) is 12.9. The van der Waals surface area contributed by atoms with Gasteiger partial charge in [0.1, 0.15) is 5.82 Å². The number of nitrogens with two attached hydrogens (primary N) is 1. The van der Waals surface area contributed by atoms with E-state index in [1.807, 2.05) is 13.8 Å². The van der Waals surface area contributed by atoms with Crippen LogP contribution in [0.25, 0.3) is 0 Å². The first-order valence-electron chi connectivity index (χ1n) is 6.55. The van der Waals surface area contributed by atoms with E-state index in [9.17, 15) is 9.18 Å². The first kappa shape index (κ1) is 23.2. The van der Waals surface area contributed by atoms with E-state index >= 15 is 0 Å². The number of carbonyl (C=O) groups excluding carboxylic acids is 1. The van der Waals surface area contributed by atoms with Gasteiger partial charge in [-0.1, -0.05) is 0 Å². The van der Waals surface area contributed by atoms with Crippen LogP contribution in [0.2, 0.25) is 0 Å². The lowest BCUT2D eigenvalue weighted by Gasteiger charge is -2.17. The van der Waals surface area contributed by atoms with E-state index in [2.05, 4.69) is 10.6 Å². The summed E-state index contributed by atoms with van der Waals surface area (Å²) >= 11 is 0. The van der Waals surface area contributed by atoms with E-state index in [-0.39, 0.29) is 55.8 Å². The van der Waals surface area contributed by atoms with E-state index in [0.717, 1.165) is 0 Å². The van der Waals surface area contributed by atoms with Crippen LogP contribution in [0.1, 0.15) is 20.3 Å². The Labute approximate surface area is 143 Å². The quantitative estimate of drug-likeness (QED) is 0.702. The topological polar surface area (TPSA) is 76.4 Å². The van der Waals surface area contributed by atoms with Crippen molar-refractivity contribution in [1.29, 1.82) is 0 Å². The van der Waals surface area contributed by atoms with Crippen LogP contribution in [-0.2, 0) is 9.53 Å². The minimum absolute atomic E-state index is 0. The van der Waals surface area contributed by atoms with E-state index < -0.39 is 5.82 Å². The number of nitrogens with one attached hydrogen (secondary N) is 2. The fourth-order valence-electron chi connectivity index (χ4n) is 1.73. The highest BCUT2D eigenvalue weighted by Crippen LogP contribution is 2.23. The third-order valence-electron chi connectivity index (χ3n) is 2.71. The van der Waals surface area contributed by atoms with Crippen LogP contribution in [-0.4, -0.2) is 31.7 Å². The Morgan fingerprint density at radius 3 is 2.45 bits per heavy atom. The van der Waals surface area contributed by atoms with Crippen LogP contribution >= 0.6 is 24.8 Å². The standard InChI is InChI=1S/C14H22FN3O2.2ClH/c1-9(2)17-12-5-4-10(15)6-13(12)18-14(19)7-11(8-16)20-3;;/h4-6,9,11,17H,7-8,16H2,1-3H3,(H,18,19);2*1H. The lowest BCUT2D eigenvalue weighted by Crippen LogP contribution is -2.28. The Hall–Kier alpha value is -1.08. The number of hydrogen-bond acceptors (Lipinski definition) is 4. The third kappa shape index (κ3) is 7.79. The van der Waals surface area contributed by atoms with Gasteiger partial charge in [-0.3, -0.25) is 4.79 Å². The minimum Gasteiger partial charge on any atom is -0.381 e. The fourth-order valence-corrected chi connectivity index (χ4v) is 1.73. The molecule has 0 bridgehead atoms. The predicted octanol–water partition coefficient (Wildman–Crippen LogP) is 2.79. The predicted molar refractivity (Wildman–Crippen MR) is 92.8 cm³/mol. The third-order valence-corrected chi connectivity index (χ3v) is 2.71. The van der Waals surface area contributed by atoms with Crippen molar-refractivity contribution < 1.29 is 13.9 Å². The molecule has 1 unspecified atom stereocenters. The fraction of sp³-hybridized carbons (Fsp3) is 0.500. The monoisotopic (exact) mass is 355 g/mol. The Bertz CT molecular complexity index is 458. The van der Waals surface area contributed by atoms with Gasteiger partial charge in [0.2, 0.25) is 5.91 Å². The molecule has 4 N–H and O–H groups in total. The molecule has 0 heterocycles. The van der Waals surface area contributed by atoms with E-state index in [1.54, 1.807) is 6.07 Å². The molecule has 0 aliphatic rings. The summed E-state index contributed by atoms with van der Waals surface area (Å²) in [7, 11) is 1.50. The summed E-state index contributed by atoms with van der Waals surface area (Å²) in [6.45, 7) is 4.18. The number of anilines is 2. The average Bonchev–Trinajstić information content (AvgIpc) is 2.38. The smallest absolute Gasteiger partial charge is 0.227 e. The van der Waals surface area contributed by atoms with Crippen molar-refractivity contribution in [3.8, 4) is 0 Å². The largest absolute Gasteiger partial charge is 0.381 e. The molecule has 1 aromatic carbocycles. The maximum atomic E-state index is 13.3. The van der Waals surface area contributed by atoms with Crippen LogP contribution in [0.3, 0.4) is 0 Å². The Morgan fingerprint density at radius 2 is 1.95 bits per heavy atom. The van der Waals surface area contributed by atoms with E-state index in [1.165, 1.54) is 19.2 Å². The first-order chi connectivity index (χ1) is 9.46. The highest BCUT2D eigenvalue weighted by Gasteiger charge is 2.14. The summed E-state index contributed by atoms with van der Waals surface area (Å²) in [6.07, 6.45) is -0.213. The molecule has 0 aromatic heterocycles. The molecule has 0 saturated heterocycles. The minimum atomic E-state index is -0.406. The SMILES string of the molecule is COC(CN)CC(=O)Nc1cc(F)ccc1NC(C)C.Cl.Cl. The van der Waals surface area contributed by atoms with Gasteiger partial charge in [-0.2, -0.15) is 0 Å². The second-order valence-electron chi connectivity index (χ2n) is 4.83. The van der Waals surface area contributed by atoms with Crippen molar-refractivity contribution in [2.24, 2.45) is 5.73 Å². The second kappa shape index (κ2) is 11.5. The molecular formula is C14H24Cl2FN3O2.